The average Bonchev–Trinajstić information content (AvgIpc) is 3.06. The van der Waals surface area contributed by atoms with Crippen LogP contribution in [0.5, 0.6) is 0 Å². The van der Waals surface area contributed by atoms with Crippen LogP contribution in [0.2, 0.25) is 0 Å². The molecule has 4 nitrogen and oxygen atoms in total. The highest BCUT2D eigenvalue weighted by Gasteiger charge is 2.53. The highest BCUT2D eigenvalue weighted by molar-refractivity contribution is 5.86. The Balaban J connectivity index is 1.66. The van der Waals surface area contributed by atoms with Crippen molar-refractivity contribution in [3.63, 3.8) is 0 Å². The van der Waals surface area contributed by atoms with E-state index in [0.29, 0.717) is 6.54 Å². The number of nitrogens with one attached hydrogen (secondary N) is 1. The summed E-state index contributed by atoms with van der Waals surface area (Å²) in [4.78, 5) is 23.7. The average molecular weight is 273 g/mol. The summed E-state index contributed by atoms with van der Waals surface area (Å²) in [6.45, 7) is 0.472. The molecule has 0 aromatic heterocycles. The minimum Gasteiger partial charge on any atom is -0.481 e. The third kappa shape index (κ3) is 2.30. The summed E-state index contributed by atoms with van der Waals surface area (Å²) in [7, 11) is 0. The second-order valence-corrected chi connectivity index (χ2v) is 5.93. The van der Waals surface area contributed by atoms with E-state index >= 15 is 0 Å². The van der Waals surface area contributed by atoms with Crippen LogP contribution >= 0.6 is 0 Å². The predicted molar refractivity (Wildman–Crippen MR) is 73.7 cm³/mol. The molecule has 3 rings (SSSR count). The lowest BCUT2D eigenvalue weighted by Gasteiger charge is -2.27. The SMILES string of the molecule is O=C(O)[C@H]1[C@H]2CC[C@@H](C2)[C@@H]1C(=O)NCc1ccccc1. The largest absolute Gasteiger partial charge is 0.481 e. The molecule has 0 spiro atoms. The van der Waals surface area contributed by atoms with Gasteiger partial charge in [0.15, 0.2) is 0 Å². The van der Waals surface area contributed by atoms with Crippen LogP contribution in [0.1, 0.15) is 24.8 Å². The van der Waals surface area contributed by atoms with Gasteiger partial charge in [0, 0.05) is 6.54 Å². The maximum Gasteiger partial charge on any atom is 0.307 e. The summed E-state index contributed by atoms with van der Waals surface area (Å²) < 4.78 is 0. The molecule has 0 heterocycles. The molecular formula is C16H19NO3. The summed E-state index contributed by atoms with van der Waals surface area (Å²) in [5.41, 5.74) is 1.04. The minimum absolute atomic E-state index is 0.0894. The molecule has 2 aliphatic rings. The number of hydrogen-bond acceptors (Lipinski definition) is 2. The van der Waals surface area contributed by atoms with Crippen molar-refractivity contribution in [2.75, 3.05) is 0 Å². The molecule has 4 heteroatoms. The van der Waals surface area contributed by atoms with Crippen LogP contribution in [-0.2, 0) is 16.1 Å². The van der Waals surface area contributed by atoms with Gasteiger partial charge in [-0.1, -0.05) is 30.3 Å². The Morgan fingerprint density at radius 2 is 1.75 bits per heavy atom. The number of carboxylic acid groups (broad SMARTS) is 1. The van der Waals surface area contributed by atoms with Gasteiger partial charge in [-0.05, 0) is 36.7 Å². The number of carbonyl (C=O) groups is 2. The van der Waals surface area contributed by atoms with Crippen molar-refractivity contribution in [1.29, 1.82) is 0 Å². The van der Waals surface area contributed by atoms with Crippen LogP contribution in [0, 0.1) is 23.7 Å². The Morgan fingerprint density at radius 1 is 1.10 bits per heavy atom. The van der Waals surface area contributed by atoms with Gasteiger partial charge in [-0.3, -0.25) is 9.59 Å². The molecule has 2 aliphatic carbocycles. The highest BCUT2D eigenvalue weighted by Crippen LogP contribution is 2.52. The van der Waals surface area contributed by atoms with Crippen LogP contribution < -0.4 is 5.32 Å². The maximum absolute atomic E-state index is 12.3. The molecule has 0 saturated heterocycles. The van der Waals surface area contributed by atoms with E-state index in [1.54, 1.807) is 0 Å². The van der Waals surface area contributed by atoms with E-state index in [1.165, 1.54) is 0 Å². The lowest BCUT2D eigenvalue weighted by Crippen LogP contribution is -2.41. The third-order valence-electron chi connectivity index (χ3n) is 4.81. The molecule has 106 valence electrons. The number of amides is 1. The van der Waals surface area contributed by atoms with E-state index in [9.17, 15) is 14.7 Å². The second kappa shape index (κ2) is 5.27. The summed E-state index contributed by atoms with van der Waals surface area (Å²) in [6.07, 6.45) is 2.86. The second-order valence-electron chi connectivity index (χ2n) is 5.93. The van der Waals surface area contributed by atoms with Gasteiger partial charge < -0.3 is 10.4 Å². The van der Waals surface area contributed by atoms with Gasteiger partial charge in [-0.2, -0.15) is 0 Å². The quantitative estimate of drug-likeness (QED) is 0.882. The zero-order valence-corrected chi connectivity index (χ0v) is 11.3. The first kappa shape index (κ1) is 13.2. The minimum atomic E-state index is -0.808. The van der Waals surface area contributed by atoms with E-state index in [0.717, 1.165) is 24.8 Å². The van der Waals surface area contributed by atoms with Crippen molar-refractivity contribution in [1.82, 2.24) is 5.32 Å². The van der Waals surface area contributed by atoms with E-state index in [-0.39, 0.29) is 23.7 Å². The third-order valence-corrected chi connectivity index (χ3v) is 4.81. The van der Waals surface area contributed by atoms with Crippen LogP contribution in [0.3, 0.4) is 0 Å². The lowest BCUT2D eigenvalue weighted by molar-refractivity contribution is -0.149. The smallest absolute Gasteiger partial charge is 0.307 e. The fourth-order valence-corrected chi connectivity index (χ4v) is 3.93. The number of benzene rings is 1. The normalized spacial score (nSPS) is 31.2. The van der Waals surface area contributed by atoms with E-state index < -0.39 is 11.9 Å². The van der Waals surface area contributed by atoms with E-state index in [2.05, 4.69) is 5.32 Å². The van der Waals surface area contributed by atoms with Crippen molar-refractivity contribution in [2.24, 2.45) is 23.7 Å². The molecule has 2 fully saturated rings. The van der Waals surface area contributed by atoms with Crippen molar-refractivity contribution in [3.05, 3.63) is 35.9 Å². The van der Waals surface area contributed by atoms with E-state index in [4.69, 9.17) is 0 Å². The van der Waals surface area contributed by atoms with Crippen LogP contribution in [-0.4, -0.2) is 17.0 Å². The van der Waals surface area contributed by atoms with Gasteiger partial charge in [0.25, 0.3) is 0 Å². The molecule has 0 aliphatic heterocycles. The van der Waals surface area contributed by atoms with Crippen molar-refractivity contribution >= 4 is 11.9 Å². The molecule has 2 N–H and O–H groups in total. The van der Waals surface area contributed by atoms with Gasteiger partial charge in [0.1, 0.15) is 0 Å². The zero-order valence-electron chi connectivity index (χ0n) is 11.3. The highest BCUT2D eigenvalue weighted by atomic mass is 16.4. The Hall–Kier alpha value is -1.84. The summed E-state index contributed by atoms with van der Waals surface area (Å²) in [6, 6.07) is 9.70. The summed E-state index contributed by atoms with van der Waals surface area (Å²) in [5, 5.41) is 12.3. The van der Waals surface area contributed by atoms with Crippen LogP contribution in [0.25, 0.3) is 0 Å². The van der Waals surface area contributed by atoms with E-state index in [1.807, 2.05) is 30.3 Å². The van der Waals surface area contributed by atoms with Crippen molar-refractivity contribution in [3.8, 4) is 0 Å². The van der Waals surface area contributed by atoms with Crippen molar-refractivity contribution < 1.29 is 14.7 Å². The predicted octanol–water partition coefficient (Wildman–Crippen LogP) is 2.05. The number of fused-ring (bicyclic) bond motifs is 2. The molecule has 20 heavy (non-hydrogen) atoms. The monoisotopic (exact) mass is 273 g/mol. The molecule has 0 radical (unpaired) electrons. The van der Waals surface area contributed by atoms with Crippen molar-refractivity contribution in [2.45, 2.75) is 25.8 Å². The Bertz CT molecular complexity index is 514. The molecule has 1 aromatic rings. The number of carboxylic acids is 1. The van der Waals surface area contributed by atoms with Gasteiger partial charge in [-0.15, -0.1) is 0 Å². The van der Waals surface area contributed by atoms with Gasteiger partial charge in [-0.25, -0.2) is 0 Å². The first-order chi connectivity index (χ1) is 9.66. The van der Waals surface area contributed by atoms with Gasteiger partial charge in [0.2, 0.25) is 5.91 Å². The number of hydrogen-bond donors (Lipinski definition) is 2. The number of aliphatic carboxylic acids is 1. The summed E-state index contributed by atoms with van der Waals surface area (Å²) in [5.74, 6) is -1.26. The Morgan fingerprint density at radius 3 is 2.40 bits per heavy atom. The molecule has 4 atom stereocenters. The Kier molecular flexibility index (Phi) is 3.47. The van der Waals surface area contributed by atoms with Gasteiger partial charge >= 0.3 is 5.97 Å². The number of rotatable bonds is 4. The first-order valence-electron chi connectivity index (χ1n) is 7.21. The molecule has 2 bridgehead atoms. The lowest BCUT2D eigenvalue weighted by atomic mass is 9.78. The Labute approximate surface area is 118 Å². The molecule has 2 saturated carbocycles. The zero-order chi connectivity index (χ0) is 14.1. The van der Waals surface area contributed by atoms with Crippen LogP contribution in [0.4, 0.5) is 0 Å². The fraction of sp³-hybridized carbons (Fsp3) is 0.500. The summed E-state index contributed by atoms with van der Waals surface area (Å²) >= 11 is 0. The molecule has 1 amide bonds. The molecule has 1 aromatic carbocycles. The van der Waals surface area contributed by atoms with Crippen LogP contribution in [0.15, 0.2) is 30.3 Å². The van der Waals surface area contributed by atoms with Gasteiger partial charge in [0.05, 0.1) is 11.8 Å². The fourth-order valence-electron chi connectivity index (χ4n) is 3.93. The maximum atomic E-state index is 12.3. The first-order valence-corrected chi connectivity index (χ1v) is 7.21. The standard InChI is InChI=1S/C16H19NO3/c18-15(17-9-10-4-2-1-3-5-10)13-11-6-7-12(8-11)14(13)16(19)20/h1-5,11-14H,6-9H2,(H,17,18)(H,19,20)/t11-,12-,13-,14-/m0/s1. The number of carbonyl (C=O) groups excluding carboxylic acids is 1. The molecule has 0 unspecified atom stereocenters. The topological polar surface area (TPSA) is 66.4 Å². The molecular weight excluding hydrogens is 254 g/mol.